The number of aliphatic hydroxyl groups is 1. The largest absolute Gasteiger partial charge is 0.458 e. The van der Waals surface area contributed by atoms with Crippen LogP contribution in [-0.4, -0.2) is 23.3 Å². The molecule has 1 heterocycles. The Labute approximate surface area is 108 Å². The number of carbonyl (C=O) groups excluding carboxylic acids is 1. The smallest absolute Gasteiger partial charge is 0.334 e. The number of fused-ring (bicyclic) bond motifs is 2. The van der Waals surface area contributed by atoms with Crippen LogP contribution in [0.4, 0.5) is 0 Å². The van der Waals surface area contributed by atoms with E-state index >= 15 is 0 Å². The third-order valence-corrected chi connectivity index (χ3v) is 5.73. The van der Waals surface area contributed by atoms with Crippen LogP contribution in [0.3, 0.4) is 0 Å². The Morgan fingerprint density at radius 1 is 1.44 bits per heavy atom. The first-order valence-corrected chi connectivity index (χ1v) is 7.01. The Hall–Kier alpha value is -0.830. The molecule has 6 unspecified atom stereocenters. The molecule has 0 aromatic carbocycles. The molecule has 1 N–H and O–H groups in total. The lowest BCUT2D eigenvalue weighted by Gasteiger charge is -2.36. The monoisotopic (exact) mass is 250 g/mol. The summed E-state index contributed by atoms with van der Waals surface area (Å²) in [6.07, 6.45) is 3.51. The molecule has 0 bridgehead atoms. The zero-order valence-corrected chi connectivity index (χ0v) is 11.2. The second-order valence-corrected chi connectivity index (χ2v) is 6.70. The molecular weight excluding hydrogens is 228 g/mol. The minimum Gasteiger partial charge on any atom is -0.458 e. The van der Waals surface area contributed by atoms with Crippen molar-refractivity contribution >= 4 is 5.97 Å². The highest BCUT2D eigenvalue weighted by atomic mass is 16.6. The molecule has 18 heavy (non-hydrogen) atoms. The third-order valence-electron chi connectivity index (χ3n) is 5.73. The van der Waals surface area contributed by atoms with Crippen molar-refractivity contribution in [3.63, 3.8) is 0 Å². The zero-order chi connectivity index (χ0) is 13.1. The molecule has 3 heteroatoms. The molecule has 2 saturated carbocycles. The van der Waals surface area contributed by atoms with Gasteiger partial charge in [0.2, 0.25) is 0 Å². The van der Waals surface area contributed by atoms with Gasteiger partial charge in [0.15, 0.2) is 0 Å². The molecule has 0 amide bonds. The number of hydrogen-bond acceptors (Lipinski definition) is 3. The quantitative estimate of drug-likeness (QED) is 0.530. The van der Waals surface area contributed by atoms with Gasteiger partial charge < -0.3 is 9.84 Å². The van der Waals surface area contributed by atoms with E-state index < -0.39 is 0 Å². The number of aliphatic hydroxyl groups excluding tert-OH is 1. The van der Waals surface area contributed by atoms with Crippen molar-refractivity contribution < 1.29 is 14.6 Å². The summed E-state index contributed by atoms with van der Waals surface area (Å²) in [5.74, 6) is 0.930. The highest BCUT2D eigenvalue weighted by Gasteiger charge is 2.55. The van der Waals surface area contributed by atoms with Gasteiger partial charge in [0.05, 0.1) is 6.10 Å². The Morgan fingerprint density at radius 2 is 2.17 bits per heavy atom. The van der Waals surface area contributed by atoms with E-state index in [1.54, 1.807) is 0 Å². The second-order valence-electron chi connectivity index (χ2n) is 6.70. The Kier molecular flexibility index (Phi) is 2.60. The maximum Gasteiger partial charge on any atom is 0.334 e. The van der Waals surface area contributed by atoms with Gasteiger partial charge in [-0.25, -0.2) is 4.79 Å². The maximum atomic E-state index is 11.7. The first-order valence-electron chi connectivity index (χ1n) is 7.01. The predicted molar refractivity (Wildman–Crippen MR) is 67.7 cm³/mol. The van der Waals surface area contributed by atoms with Crippen LogP contribution in [-0.2, 0) is 9.53 Å². The van der Waals surface area contributed by atoms with Crippen LogP contribution in [0.25, 0.3) is 0 Å². The van der Waals surface area contributed by atoms with Crippen molar-refractivity contribution in [2.45, 2.75) is 51.7 Å². The lowest BCUT2D eigenvalue weighted by Crippen LogP contribution is -2.35. The fraction of sp³-hybridized carbons (Fsp3) is 0.800. The van der Waals surface area contributed by atoms with Gasteiger partial charge >= 0.3 is 5.97 Å². The minimum atomic E-state index is -0.243. The molecule has 3 rings (SSSR count). The van der Waals surface area contributed by atoms with Gasteiger partial charge in [-0.1, -0.05) is 20.4 Å². The topological polar surface area (TPSA) is 46.5 Å². The summed E-state index contributed by atoms with van der Waals surface area (Å²) in [7, 11) is 0. The number of esters is 1. The average Bonchev–Trinajstić information content (AvgIpc) is 2.69. The number of hydrogen-bond donors (Lipinski definition) is 1. The van der Waals surface area contributed by atoms with E-state index in [9.17, 15) is 9.90 Å². The fourth-order valence-electron chi connectivity index (χ4n) is 4.61. The SMILES string of the molecule is C=C1C(=O)OC2CC(C)C3CCC(O)C3(C)CC12. The maximum absolute atomic E-state index is 11.7. The highest BCUT2D eigenvalue weighted by molar-refractivity contribution is 5.90. The summed E-state index contributed by atoms with van der Waals surface area (Å²) >= 11 is 0. The van der Waals surface area contributed by atoms with Crippen LogP contribution in [0.2, 0.25) is 0 Å². The number of carbonyl (C=O) groups is 1. The lowest BCUT2D eigenvalue weighted by molar-refractivity contribution is -0.139. The fourth-order valence-corrected chi connectivity index (χ4v) is 4.61. The standard InChI is InChI=1S/C15H22O3/c1-8-6-12-10(9(2)14(17)18-12)7-15(3)11(8)4-5-13(15)16/h8,10-13,16H,2,4-7H2,1,3H3. The first kappa shape index (κ1) is 12.2. The van der Waals surface area contributed by atoms with Crippen molar-refractivity contribution in [2.24, 2.45) is 23.2 Å². The van der Waals surface area contributed by atoms with Crippen LogP contribution in [0.15, 0.2) is 12.2 Å². The van der Waals surface area contributed by atoms with E-state index in [0.717, 1.165) is 25.7 Å². The summed E-state index contributed by atoms with van der Waals surface area (Å²) in [5, 5.41) is 10.3. The van der Waals surface area contributed by atoms with Gasteiger partial charge in [-0.15, -0.1) is 0 Å². The van der Waals surface area contributed by atoms with Gasteiger partial charge in [0.25, 0.3) is 0 Å². The molecule has 3 fully saturated rings. The molecule has 1 saturated heterocycles. The number of rotatable bonds is 0. The minimum absolute atomic E-state index is 0.00498. The molecule has 2 aliphatic carbocycles. The normalized spacial score (nSPS) is 51.6. The molecule has 100 valence electrons. The number of ether oxygens (including phenoxy) is 1. The summed E-state index contributed by atoms with van der Waals surface area (Å²) < 4.78 is 5.45. The zero-order valence-electron chi connectivity index (χ0n) is 11.2. The molecular formula is C15H22O3. The average molecular weight is 250 g/mol. The van der Waals surface area contributed by atoms with E-state index in [1.807, 2.05) is 0 Å². The predicted octanol–water partition coefficient (Wildman–Crippen LogP) is 2.29. The highest BCUT2D eigenvalue weighted by Crippen LogP contribution is 2.56. The summed E-state index contributed by atoms with van der Waals surface area (Å²) in [5.41, 5.74) is 0.545. The Morgan fingerprint density at radius 3 is 2.89 bits per heavy atom. The molecule has 3 nitrogen and oxygen atoms in total. The summed E-state index contributed by atoms with van der Waals surface area (Å²) in [4.78, 5) is 11.7. The van der Waals surface area contributed by atoms with Crippen molar-refractivity contribution in [1.29, 1.82) is 0 Å². The van der Waals surface area contributed by atoms with Crippen LogP contribution >= 0.6 is 0 Å². The van der Waals surface area contributed by atoms with E-state index in [4.69, 9.17) is 4.74 Å². The summed E-state index contributed by atoms with van der Waals surface area (Å²) in [6.45, 7) is 8.32. The van der Waals surface area contributed by atoms with Crippen molar-refractivity contribution in [3.05, 3.63) is 12.2 Å². The van der Waals surface area contributed by atoms with Crippen molar-refractivity contribution in [2.75, 3.05) is 0 Å². The molecule has 0 spiro atoms. The van der Waals surface area contributed by atoms with Crippen molar-refractivity contribution in [1.82, 2.24) is 0 Å². The molecule has 6 atom stereocenters. The van der Waals surface area contributed by atoms with E-state index in [1.165, 1.54) is 0 Å². The van der Waals surface area contributed by atoms with Crippen LogP contribution in [0, 0.1) is 23.2 Å². The van der Waals surface area contributed by atoms with E-state index in [-0.39, 0.29) is 29.5 Å². The molecule has 0 aromatic rings. The van der Waals surface area contributed by atoms with Gasteiger partial charge in [-0.2, -0.15) is 0 Å². The Bertz CT molecular complexity index is 403. The van der Waals surface area contributed by atoms with Crippen LogP contribution in [0.1, 0.15) is 39.5 Å². The second kappa shape index (κ2) is 3.83. The third kappa shape index (κ3) is 1.49. The summed E-state index contributed by atoms with van der Waals surface area (Å²) in [6, 6.07) is 0. The van der Waals surface area contributed by atoms with Gasteiger partial charge in [0, 0.05) is 11.5 Å². The molecule has 1 aliphatic heterocycles. The van der Waals surface area contributed by atoms with Crippen molar-refractivity contribution in [3.8, 4) is 0 Å². The van der Waals surface area contributed by atoms with E-state index in [2.05, 4.69) is 20.4 Å². The van der Waals surface area contributed by atoms with Gasteiger partial charge in [-0.3, -0.25) is 0 Å². The van der Waals surface area contributed by atoms with Crippen LogP contribution < -0.4 is 0 Å². The molecule has 0 aromatic heterocycles. The van der Waals surface area contributed by atoms with E-state index in [0.29, 0.717) is 17.4 Å². The molecule has 3 aliphatic rings. The van der Waals surface area contributed by atoms with Gasteiger partial charge in [-0.05, 0) is 42.9 Å². The van der Waals surface area contributed by atoms with Crippen LogP contribution in [0.5, 0.6) is 0 Å². The lowest BCUT2D eigenvalue weighted by atomic mass is 9.69. The Balaban J connectivity index is 1.96. The van der Waals surface area contributed by atoms with Gasteiger partial charge in [0.1, 0.15) is 6.10 Å². The first-order chi connectivity index (χ1) is 8.43. The molecule has 0 radical (unpaired) electrons.